The van der Waals surface area contributed by atoms with Crippen molar-refractivity contribution in [1.29, 1.82) is 0 Å². The van der Waals surface area contributed by atoms with Gasteiger partial charge in [-0.3, -0.25) is 14.4 Å². The van der Waals surface area contributed by atoms with E-state index in [1.165, 1.54) is 20.8 Å². The van der Waals surface area contributed by atoms with Gasteiger partial charge < -0.3 is 24.1 Å². The molecule has 0 radical (unpaired) electrons. The van der Waals surface area contributed by atoms with Crippen LogP contribution in [0, 0.1) is 0 Å². The van der Waals surface area contributed by atoms with E-state index in [9.17, 15) is 19.5 Å². The highest BCUT2D eigenvalue weighted by atomic mass is 16.6. The average molecular weight is 290 g/mol. The van der Waals surface area contributed by atoms with Crippen LogP contribution in [0.3, 0.4) is 0 Å². The summed E-state index contributed by atoms with van der Waals surface area (Å²) in [7, 11) is 0. The van der Waals surface area contributed by atoms with Crippen molar-refractivity contribution in [2.24, 2.45) is 0 Å². The monoisotopic (exact) mass is 290 g/mol. The van der Waals surface area contributed by atoms with E-state index in [-0.39, 0.29) is 13.2 Å². The number of hydrogen-bond acceptors (Lipinski definition) is 8. The molecule has 1 aliphatic rings. The fourth-order valence-electron chi connectivity index (χ4n) is 1.84. The highest BCUT2D eigenvalue weighted by Gasteiger charge is 2.44. The molecule has 8 heteroatoms. The molecular weight excluding hydrogens is 272 g/mol. The minimum absolute atomic E-state index is 0.0689. The zero-order chi connectivity index (χ0) is 15.3. The van der Waals surface area contributed by atoms with Gasteiger partial charge in [0, 0.05) is 20.8 Å². The van der Waals surface area contributed by atoms with Gasteiger partial charge in [-0.1, -0.05) is 0 Å². The first-order valence-corrected chi connectivity index (χ1v) is 6.08. The Hall–Kier alpha value is -1.67. The van der Waals surface area contributed by atoms with Gasteiger partial charge in [-0.25, -0.2) is 0 Å². The second kappa shape index (κ2) is 7.20. The lowest BCUT2D eigenvalue weighted by Crippen LogP contribution is -2.57. The summed E-state index contributed by atoms with van der Waals surface area (Å²) in [5.41, 5.74) is 0. The van der Waals surface area contributed by atoms with Gasteiger partial charge in [-0.15, -0.1) is 0 Å². The smallest absolute Gasteiger partial charge is 0.303 e. The topological polar surface area (TPSA) is 108 Å². The number of hydrogen-bond donors (Lipinski definition) is 1. The molecule has 1 heterocycles. The van der Waals surface area contributed by atoms with Gasteiger partial charge in [-0.2, -0.15) is 0 Å². The molecule has 0 aromatic heterocycles. The highest BCUT2D eigenvalue weighted by molar-refractivity contribution is 5.67. The predicted molar refractivity (Wildman–Crippen MR) is 63.5 cm³/mol. The van der Waals surface area contributed by atoms with Gasteiger partial charge in [0.2, 0.25) is 0 Å². The normalized spacial score (nSPS) is 29.4. The van der Waals surface area contributed by atoms with E-state index >= 15 is 0 Å². The van der Waals surface area contributed by atoms with Crippen molar-refractivity contribution in [3.05, 3.63) is 0 Å². The van der Waals surface area contributed by atoms with Crippen LogP contribution in [0.5, 0.6) is 0 Å². The van der Waals surface area contributed by atoms with Gasteiger partial charge in [-0.05, 0) is 0 Å². The zero-order valence-electron chi connectivity index (χ0n) is 11.5. The summed E-state index contributed by atoms with van der Waals surface area (Å²) < 4.78 is 19.9. The molecule has 0 bridgehead atoms. The van der Waals surface area contributed by atoms with Crippen molar-refractivity contribution in [1.82, 2.24) is 0 Å². The first-order chi connectivity index (χ1) is 9.31. The van der Waals surface area contributed by atoms with Crippen molar-refractivity contribution < 1.29 is 38.4 Å². The van der Waals surface area contributed by atoms with E-state index in [1.807, 2.05) is 0 Å². The molecule has 20 heavy (non-hydrogen) atoms. The van der Waals surface area contributed by atoms with Crippen LogP contribution in [0.4, 0.5) is 0 Å². The number of carbonyl (C=O) groups is 3. The van der Waals surface area contributed by atoms with Crippen LogP contribution < -0.4 is 0 Å². The minimum Gasteiger partial charge on any atom is -0.463 e. The third kappa shape index (κ3) is 4.78. The number of ether oxygens (including phenoxy) is 4. The Balaban J connectivity index is 2.73. The van der Waals surface area contributed by atoms with Gasteiger partial charge in [0.25, 0.3) is 0 Å². The maximum atomic E-state index is 11.1. The van der Waals surface area contributed by atoms with Gasteiger partial charge >= 0.3 is 17.9 Å². The van der Waals surface area contributed by atoms with Crippen molar-refractivity contribution in [2.75, 3.05) is 13.2 Å². The Bertz CT molecular complexity index is 380. The van der Waals surface area contributed by atoms with Crippen molar-refractivity contribution in [3.63, 3.8) is 0 Å². The molecule has 4 atom stereocenters. The van der Waals surface area contributed by atoms with Crippen LogP contribution in [0.1, 0.15) is 20.8 Å². The van der Waals surface area contributed by atoms with E-state index in [2.05, 4.69) is 0 Å². The first-order valence-electron chi connectivity index (χ1n) is 6.08. The van der Waals surface area contributed by atoms with Crippen LogP contribution in [0.2, 0.25) is 0 Å². The first kappa shape index (κ1) is 16.4. The Morgan fingerprint density at radius 3 is 2.20 bits per heavy atom. The molecule has 0 saturated carbocycles. The predicted octanol–water partition coefficient (Wildman–Crippen LogP) is -0.827. The molecule has 1 aliphatic heterocycles. The average Bonchev–Trinajstić information content (AvgIpc) is 2.31. The van der Waals surface area contributed by atoms with Crippen LogP contribution >= 0.6 is 0 Å². The van der Waals surface area contributed by atoms with Gasteiger partial charge in [0.05, 0.1) is 6.61 Å². The molecule has 0 spiro atoms. The highest BCUT2D eigenvalue weighted by Crippen LogP contribution is 2.21. The standard InChI is InChI=1S/C12H18O8/c1-6(13)17-4-9-11(16)12(20-8(3)15)10(5-18-9)19-7(2)14/h9-12,16H,4-5H2,1-3H3. The lowest BCUT2D eigenvalue weighted by atomic mass is 10.00. The number of aliphatic hydroxyl groups excluding tert-OH is 1. The number of esters is 3. The molecule has 1 N–H and O–H groups in total. The second-order valence-electron chi connectivity index (χ2n) is 4.39. The molecule has 0 amide bonds. The Morgan fingerprint density at radius 1 is 1.10 bits per heavy atom. The second-order valence-corrected chi connectivity index (χ2v) is 4.39. The van der Waals surface area contributed by atoms with Crippen molar-refractivity contribution >= 4 is 17.9 Å². The van der Waals surface area contributed by atoms with Crippen molar-refractivity contribution in [3.8, 4) is 0 Å². The van der Waals surface area contributed by atoms with Gasteiger partial charge in [0.15, 0.2) is 12.2 Å². The third-order valence-electron chi connectivity index (χ3n) is 2.63. The molecule has 114 valence electrons. The minimum atomic E-state index is -1.27. The lowest BCUT2D eigenvalue weighted by Gasteiger charge is -2.38. The quantitative estimate of drug-likeness (QED) is 0.528. The molecule has 1 saturated heterocycles. The Morgan fingerprint density at radius 2 is 1.70 bits per heavy atom. The number of aliphatic hydroxyl groups is 1. The molecule has 0 aromatic rings. The lowest BCUT2D eigenvalue weighted by molar-refractivity contribution is -0.223. The third-order valence-corrected chi connectivity index (χ3v) is 2.63. The number of carbonyl (C=O) groups excluding carboxylic acids is 3. The summed E-state index contributed by atoms with van der Waals surface area (Å²) in [5.74, 6) is -1.73. The summed E-state index contributed by atoms with van der Waals surface area (Å²) in [6.45, 7) is 3.35. The summed E-state index contributed by atoms with van der Waals surface area (Å²) >= 11 is 0. The molecule has 4 unspecified atom stereocenters. The fourth-order valence-corrected chi connectivity index (χ4v) is 1.84. The Kier molecular flexibility index (Phi) is 5.90. The molecule has 1 fully saturated rings. The molecule has 8 nitrogen and oxygen atoms in total. The van der Waals surface area contributed by atoms with Crippen LogP contribution in [-0.2, 0) is 33.3 Å². The van der Waals surface area contributed by atoms with E-state index in [0.717, 1.165) is 0 Å². The Labute approximate surface area is 115 Å². The summed E-state index contributed by atoms with van der Waals surface area (Å²) in [6, 6.07) is 0. The molecular formula is C12H18O8. The van der Waals surface area contributed by atoms with E-state index in [0.29, 0.717) is 0 Å². The van der Waals surface area contributed by atoms with E-state index in [4.69, 9.17) is 18.9 Å². The SMILES string of the molecule is CC(=O)OCC1OCC(OC(C)=O)C(OC(C)=O)C1O. The van der Waals surface area contributed by atoms with Crippen LogP contribution in [0.15, 0.2) is 0 Å². The molecule has 0 aliphatic carbocycles. The van der Waals surface area contributed by atoms with E-state index in [1.54, 1.807) is 0 Å². The van der Waals surface area contributed by atoms with Crippen LogP contribution in [0.25, 0.3) is 0 Å². The maximum absolute atomic E-state index is 11.1. The van der Waals surface area contributed by atoms with E-state index < -0.39 is 42.3 Å². The molecule has 1 rings (SSSR count). The largest absolute Gasteiger partial charge is 0.463 e. The zero-order valence-corrected chi connectivity index (χ0v) is 11.5. The number of rotatable bonds is 4. The molecule has 0 aromatic carbocycles. The maximum Gasteiger partial charge on any atom is 0.303 e. The summed E-state index contributed by atoms with van der Waals surface area (Å²) in [5, 5.41) is 10.1. The van der Waals surface area contributed by atoms with Crippen molar-refractivity contribution in [2.45, 2.75) is 45.2 Å². The van der Waals surface area contributed by atoms with Crippen LogP contribution in [-0.4, -0.2) is 60.6 Å². The fraction of sp³-hybridized carbons (Fsp3) is 0.750. The summed E-state index contributed by atoms with van der Waals surface area (Å²) in [4.78, 5) is 32.8. The summed E-state index contributed by atoms with van der Waals surface area (Å²) in [6.07, 6.45) is -4.09. The van der Waals surface area contributed by atoms with Gasteiger partial charge in [0.1, 0.15) is 18.8 Å².